The van der Waals surface area contributed by atoms with Crippen LogP contribution in [0, 0.1) is 6.92 Å². The highest BCUT2D eigenvalue weighted by Gasteiger charge is 2.23. The molecule has 26 heavy (non-hydrogen) atoms. The summed E-state index contributed by atoms with van der Waals surface area (Å²) in [7, 11) is -1.74. The van der Waals surface area contributed by atoms with Gasteiger partial charge in [-0.3, -0.25) is 9.59 Å². The molecule has 0 radical (unpaired) electrons. The van der Waals surface area contributed by atoms with Crippen LogP contribution in [0.15, 0.2) is 69.2 Å². The zero-order valence-corrected chi connectivity index (χ0v) is 15.7. The average Bonchev–Trinajstić information content (AvgIpc) is 2.62. The highest BCUT2D eigenvalue weighted by Crippen LogP contribution is 2.20. The molecule has 132 valence electrons. The minimum atomic E-state index is -1.74. The van der Waals surface area contributed by atoms with Gasteiger partial charge in [-0.15, -0.1) is 0 Å². The molecule has 0 amide bonds. The van der Waals surface area contributed by atoms with Crippen molar-refractivity contribution in [1.29, 1.82) is 0 Å². The van der Waals surface area contributed by atoms with E-state index >= 15 is 0 Å². The Bertz CT molecular complexity index is 1080. The lowest BCUT2D eigenvalue weighted by atomic mass is 10.2. The highest BCUT2D eigenvalue weighted by atomic mass is 35.5. The molecule has 1 heterocycles. The number of aromatic nitrogens is 2. The average molecular weight is 387 g/mol. The Balaban J connectivity index is 2.32. The van der Waals surface area contributed by atoms with Crippen molar-refractivity contribution in [3.63, 3.8) is 0 Å². The minimum Gasteiger partial charge on any atom is -0.293 e. The summed E-state index contributed by atoms with van der Waals surface area (Å²) in [6, 6.07) is 15.2. The van der Waals surface area contributed by atoms with Gasteiger partial charge in [0.15, 0.2) is 5.78 Å². The monoisotopic (exact) mass is 386 g/mol. The quantitative estimate of drug-likeness (QED) is 0.643. The van der Waals surface area contributed by atoms with E-state index in [1.165, 1.54) is 6.92 Å². The van der Waals surface area contributed by atoms with Gasteiger partial charge in [-0.1, -0.05) is 35.9 Å². The van der Waals surface area contributed by atoms with Gasteiger partial charge in [0.2, 0.25) is 0 Å². The van der Waals surface area contributed by atoms with Crippen molar-refractivity contribution < 1.29 is 9.00 Å². The van der Waals surface area contributed by atoms with Gasteiger partial charge < -0.3 is 0 Å². The molecule has 0 aliphatic heterocycles. The molecule has 1 unspecified atom stereocenters. The first kappa shape index (κ1) is 18.2. The fourth-order valence-electron chi connectivity index (χ4n) is 2.58. The summed E-state index contributed by atoms with van der Waals surface area (Å²) in [4.78, 5) is 25.6. The minimum absolute atomic E-state index is 0.0383. The topological polar surface area (TPSA) is 69.0 Å². The molecule has 1 aromatic heterocycles. The number of nitrogens with zero attached hydrogens (tertiary/aromatic N) is 2. The lowest BCUT2D eigenvalue weighted by molar-refractivity contribution is 0.101. The summed E-state index contributed by atoms with van der Waals surface area (Å²) in [5.74, 6) is -0.315. The second-order valence-corrected chi connectivity index (χ2v) is 7.49. The third-order valence-corrected chi connectivity index (χ3v) is 5.60. The first-order valence-corrected chi connectivity index (χ1v) is 9.30. The SMILES string of the molecule is CC(=O)c1nn(-c2cccc(Cl)c2)c(=O)c(S(=O)c2ccccc2)c1C. The van der Waals surface area contributed by atoms with Gasteiger partial charge in [-0.05, 0) is 37.3 Å². The van der Waals surface area contributed by atoms with E-state index in [1.54, 1.807) is 61.5 Å². The maximum Gasteiger partial charge on any atom is 0.288 e. The zero-order valence-electron chi connectivity index (χ0n) is 14.1. The van der Waals surface area contributed by atoms with Gasteiger partial charge in [-0.25, -0.2) is 4.21 Å². The molecule has 0 aliphatic carbocycles. The summed E-state index contributed by atoms with van der Waals surface area (Å²) < 4.78 is 14.1. The molecule has 0 fully saturated rings. The van der Waals surface area contributed by atoms with Crippen LogP contribution in [0.4, 0.5) is 0 Å². The predicted octanol–water partition coefficient (Wildman–Crippen LogP) is 3.56. The molecule has 0 N–H and O–H groups in total. The Labute approximate surface area is 157 Å². The van der Waals surface area contributed by atoms with Crippen molar-refractivity contribution in [2.24, 2.45) is 0 Å². The number of Topliss-reactive ketones (excluding diaryl/α,β-unsaturated/α-hetero) is 1. The van der Waals surface area contributed by atoms with Crippen molar-refractivity contribution in [2.75, 3.05) is 0 Å². The number of halogens is 1. The molecule has 0 aliphatic rings. The Morgan fingerprint density at radius 3 is 2.42 bits per heavy atom. The number of hydrogen-bond donors (Lipinski definition) is 0. The van der Waals surface area contributed by atoms with Crippen molar-refractivity contribution in [3.05, 3.63) is 81.2 Å². The van der Waals surface area contributed by atoms with E-state index in [2.05, 4.69) is 5.10 Å². The summed E-state index contributed by atoms with van der Waals surface area (Å²) in [6.45, 7) is 2.95. The molecule has 1 atom stereocenters. The molecule has 3 rings (SSSR count). The van der Waals surface area contributed by atoms with Gasteiger partial charge in [-0.2, -0.15) is 9.78 Å². The fraction of sp³-hybridized carbons (Fsp3) is 0.105. The number of rotatable bonds is 4. The second kappa shape index (κ2) is 7.35. The number of benzene rings is 2. The first-order valence-electron chi connectivity index (χ1n) is 7.78. The molecule has 7 heteroatoms. The van der Waals surface area contributed by atoms with Crippen LogP contribution in [0.2, 0.25) is 5.02 Å². The van der Waals surface area contributed by atoms with Gasteiger partial charge in [0.25, 0.3) is 5.56 Å². The van der Waals surface area contributed by atoms with Crippen molar-refractivity contribution >= 4 is 28.2 Å². The standard InChI is InChI=1S/C19H15ClN2O3S/c1-12-17(13(2)23)21-22(15-8-6-7-14(20)11-15)19(24)18(12)26(25)16-9-4-3-5-10-16/h3-11H,1-2H3. The van der Waals surface area contributed by atoms with E-state index in [0.29, 0.717) is 21.2 Å². The van der Waals surface area contributed by atoms with Crippen LogP contribution in [0.5, 0.6) is 0 Å². The van der Waals surface area contributed by atoms with Crippen LogP contribution in [0.3, 0.4) is 0 Å². The maximum atomic E-state index is 13.0. The predicted molar refractivity (Wildman–Crippen MR) is 101 cm³/mol. The van der Waals surface area contributed by atoms with E-state index in [9.17, 15) is 13.8 Å². The van der Waals surface area contributed by atoms with Crippen LogP contribution >= 0.6 is 11.6 Å². The van der Waals surface area contributed by atoms with E-state index in [4.69, 9.17) is 11.6 Å². The van der Waals surface area contributed by atoms with Crippen LogP contribution in [-0.2, 0) is 10.8 Å². The van der Waals surface area contributed by atoms with Crippen LogP contribution < -0.4 is 5.56 Å². The highest BCUT2D eigenvalue weighted by molar-refractivity contribution is 7.85. The molecule has 2 aromatic carbocycles. The Morgan fingerprint density at radius 2 is 1.81 bits per heavy atom. The van der Waals surface area contributed by atoms with Gasteiger partial charge >= 0.3 is 0 Å². The molecule has 5 nitrogen and oxygen atoms in total. The van der Waals surface area contributed by atoms with Gasteiger partial charge in [0.05, 0.1) is 16.5 Å². The third-order valence-electron chi connectivity index (χ3n) is 3.81. The normalized spacial score (nSPS) is 12.0. The Morgan fingerprint density at radius 1 is 1.12 bits per heavy atom. The summed E-state index contributed by atoms with van der Waals surface area (Å²) >= 11 is 6.01. The molecule has 3 aromatic rings. The summed E-state index contributed by atoms with van der Waals surface area (Å²) in [5, 5.41) is 4.60. The second-order valence-electron chi connectivity index (χ2n) is 5.64. The largest absolute Gasteiger partial charge is 0.293 e. The smallest absolute Gasteiger partial charge is 0.288 e. The van der Waals surface area contributed by atoms with Crippen LogP contribution in [0.1, 0.15) is 23.0 Å². The lowest BCUT2D eigenvalue weighted by Crippen LogP contribution is -2.29. The molecular formula is C19H15ClN2O3S. The molecular weight excluding hydrogens is 372 g/mol. The maximum absolute atomic E-state index is 13.0. The fourth-order valence-corrected chi connectivity index (χ4v) is 4.03. The Hall–Kier alpha value is -2.57. The first-order chi connectivity index (χ1) is 12.4. The van der Waals surface area contributed by atoms with E-state index in [0.717, 1.165) is 4.68 Å². The number of carbonyl (C=O) groups is 1. The zero-order chi connectivity index (χ0) is 18.8. The lowest BCUT2D eigenvalue weighted by Gasteiger charge is -2.13. The van der Waals surface area contributed by atoms with Crippen molar-refractivity contribution in [3.8, 4) is 5.69 Å². The van der Waals surface area contributed by atoms with Crippen molar-refractivity contribution in [2.45, 2.75) is 23.6 Å². The molecule has 0 bridgehead atoms. The molecule has 0 spiro atoms. The van der Waals surface area contributed by atoms with E-state index < -0.39 is 16.4 Å². The van der Waals surface area contributed by atoms with Gasteiger partial charge in [0, 0.05) is 22.4 Å². The molecule has 0 saturated carbocycles. The van der Waals surface area contributed by atoms with Crippen LogP contribution in [-0.4, -0.2) is 19.8 Å². The Kier molecular flexibility index (Phi) is 5.15. The number of carbonyl (C=O) groups excluding carboxylic acids is 1. The summed E-state index contributed by atoms with van der Waals surface area (Å²) in [6.07, 6.45) is 0. The van der Waals surface area contributed by atoms with E-state index in [-0.39, 0.29) is 16.4 Å². The van der Waals surface area contributed by atoms with Crippen molar-refractivity contribution in [1.82, 2.24) is 9.78 Å². The van der Waals surface area contributed by atoms with Gasteiger partial charge in [0.1, 0.15) is 10.6 Å². The number of hydrogen-bond acceptors (Lipinski definition) is 4. The van der Waals surface area contributed by atoms with Crippen LogP contribution in [0.25, 0.3) is 5.69 Å². The van der Waals surface area contributed by atoms with E-state index in [1.807, 2.05) is 0 Å². The number of ketones is 1. The summed E-state index contributed by atoms with van der Waals surface area (Å²) in [5.41, 5.74) is 0.278. The molecule has 0 saturated heterocycles. The third kappa shape index (κ3) is 3.38.